The molecule has 3 nitrogen and oxygen atoms in total. The van der Waals surface area contributed by atoms with Crippen LogP contribution in [0.3, 0.4) is 0 Å². The number of hydrogen-bond donors (Lipinski definition) is 0. The summed E-state index contributed by atoms with van der Waals surface area (Å²) in [6, 6.07) is 6.31. The summed E-state index contributed by atoms with van der Waals surface area (Å²) in [5.74, 6) is 0.560. The number of benzene rings is 1. The summed E-state index contributed by atoms with van der Waals surface area (Å²) in [6.45, 7) is 7.13. The number of amides is 1. The summed E-state index contributed by atoms with van der Waals surface area (Å²) in [5, 5.41) is 5.17. The first kappa shape index (κ1) is 16.8. The van der Waals surface area contributed by atoms with Crippen LogP contribution in [-0.4, -0.2) is 17.9 Å². The van der Waals surface area contributed by atoms with Crippen molar-refractivity contribution >= 4 is 28.2 Å². The molecule has 2 aromatic heterocycles. The first-order chi connectivity index (χ1) is 11.5. The molecule has 0 radical (unpaired) electrons. The van der Waals surface area contributed by atoms with E-state index in [1.807, 2.05) is 12.4 Å². The molecule has 0 bridgehead atoms. The van der Waals surface area contributed by atoms with Gasteiger partial charge in [0.05, 0.1) is 12.7 Å². The SMILES string of the molecule is Cc1cc2occ(CC(=O)N(C)Cc3ccsc3)c2cc1C(C)C. The van der Waals surface area contributed by atoms with Crippen LogP contribution in [0.15, 0.2) is 39.6 Å². The molecule has 0 unspecified atom stereocenters. The number of carbonyl (C=O) groups is 1. The topological polar surface area (TPSA) is 33.5 Å². The Kier molecular flexibility index (Phi) is 4.76. The predicted octanol–water partition coefficient (Wildman–Crippen LogP) is 5.13. The molecule has 0 fully saturated rings. The lowest BCUT2D eigenvalue weighted by molar-refractivity contribution is -0.129. The molecule has 0 atom stereocenters. The van der Waals surface area contributed by atoms with Crippen LogP contribution in [0, 0.1) is 6.92 Å². The number of fused-ring (bicyclic) bond motifs is 1. The van der Waals surface area contributed by atoms with Crippen molar-refractivity contribution in [3.05, 3.63) is 57.5 Å². The number of nitrogens with zero attached hydrogens (tertiary/aromatic N) is 1. The van der Waals surface area contributed by atoms with Crippen LogP contribution >= 0.6 is 11.3 Å². The van der Waals surface area contributed by atoms with E-state index in [0.29, 0.717) is 18.9 Å². The van der Waals surface area contributed by atoms with Crippen LogP contribution in [0.1, 0.15) is 42.0 Å². The van der Waals surface area contributed by atoms with Gasteiger partial charge < -0.3 is 9.32 Å². The third-order valence-electron chi connectivity index (χ3n) is 4.43. The largest absolute Gasteiger partial charge is 0.464 e. The molecule has 0 aliphatic heterocycles. The molecule has 1 amide bonds. The van der Waals surface area contributed by atoms with Gasteiger partial charge in [0.15, 0.2) is 0 Å². The Morgan fingerprint density at radius 2 is 2.12 bits per heavy atom. The Morgan fingerprint density at radius 1 is 1.33 bits per heavy atom. The predicted molar refractivity (Wildman–Crippen MR) is 99.5 cm³/mol. The van der Waals surface area contributed by atoms with E-state index in [4.69, 9.17) is 4.42 Å². The standard InChI is InChI=1S/C20H23NO2S/c1-13(2)17-9-18-16(11-23-19(18)7-14(17)3)8-20(22)21(4)10-15-5-6-24-12-15/h5-7,9,11-13H,8,10H2,1-4H3. The molecule has 0 aliphatic rings. The molecule has 24 heavy (non-hydrogen) atoms. The molecule has 0 N–H and O–H groups in total. The van der Waals surface area contributed by atoms with Crippen molar-refractivity contribution in [1.82, 2.24) is 4.90 Å². The molecule has 1 aromatic carbocycles. The molecule has 0 spiro atoms. The van der Waals surface area contributed by atoms with Crippen LogP contribution in [0.25, 0.3) is 11.0 Å². The Morgan fingerprint density at radius 3 is 2.79 bits per heavy atom. The third kappa shape index (κ3) is 3.39. The number of furan rings is 1. The van der Waals surface area contributed by atoms with E-state index in [9.17, 15) is 4.79 Å². The fraction of sp³-hybridized carbons (Fsp3) is 0.350. The highest BCUT2D eigenvalue weighted by Gasteiger charge is 2.16. The van der Waals surface area contributed by atoms with Crippen molar-refractivity contribution < 1.29 is 9.21 Å². The van der Waals surface area contributed by atoms with E-state index in [1.165, 1.54) is 16.7 Å². The molecule has 3 rings (SSSR count). The van der Waals surface area contributed by atoms with Crippen LogP contribution in [0.5, 0.6) is 0 Å². The van der Waals surface area contributed by atoms with Crippen molar-refractivity contribution in [1.29, 1.82) is 0 Å². The van der Waals surface area contributed by atoms with Gasteiger partial charge in [-0.25, -0.2) is 0 Å². The number of hydrogen-bond acceptors (Lipinski definition) is 3. The van der Waals surface area contributed by atoms with E-state index >= 15 is 0 Å². The minimum Gasteiger partial charge on any atom is -0.464 e. The monoisotopic (exact) mass is 341 g/mol. The summed E-state index contributed by atoms with van der Waals surface area (Å²) in [5.41, 5.74) is 5.54. The average molecular weight is 341 g/mol. The minimum absolute atomic E-state index is 0.107. The summed E-state index contributed by atoms with van der Waals surface area (Å²) in [7, 11) is 1.85. The summed E-state index contributed by atoms with van der Waals surface area (Å²) in [6.07, 6.45) is 2.10. The van der Waals surface area contributed by atoms with Gasteiger partial charge in [-0.1, -0.05) is 13.8 Å². The lowest BCUT2D eigenvalue weighted by Gasteiger charge is -2.16. The first-order valence-electron chi connectivity index (χ1n) is 8.21. The highest BCUT2D eigenvalue weighted by atomic mass is 32.1. The molecule has 0 saturated heterocycles. The molecule has 3 aromatic rings. The van der Waals surface area contributed by atoms with E-state index in [0.717, 1.165) is 16.5 Å². The van der Waals surface area contributed by atoms with E-state index in [2.05, 4.69) is 44.4 Å². The average Bonchev–Trinajstić information content (AvgIpc) is 3.16. The molecule has 0 saturated carbocycles. The normalized spacial score (nSPS) is 11.4. The van der Waals surface area contributed by atoms with Gasteiger partial charge in [0.25, 0.3) is 0 Å². The fourth-order valence-corrected chi connectivity index (χ4v) is 3.71. The van der Waals surface area contributed by atoms with Gasteiger partial charge in [-0.3, -0.25) is 4.79 Å². The van der Waals surface area contributed by atoms with Crippen molar-refractivity contribution in [2.45, 2.75) is 39.7 Å². The van der Waals surface area contributed by atoms with Crippen LogP contribution < -0.4 is 0 Å². The summed E-state index contributed by atoms with van der Waals surface area (Å²) in [4.78, 5) is 14.3. The lowest BCUT2D eigenvalue weighted by atomic mass is 9.95. The second-order valence-corrected chi connectivity index (χ2v) is 7.46. The van der Waals surface area contributed by atoms with Gasteiger partial charge in [-0.2, -0.15) is 11.3 Å². The smallest absolute Gasteiger partial charge is 0.227 e. The van der Waals surface area contributed by atoms with Crippen molar-refractivity contribution in [3.63, 3.8) is 0 Å². The lowest BCUT2D eigenvalue weighted by Crippen LogP contribution is -2.27. The first-order valence-corrected chi connectivity index (χ1v) is 9.15. The maximum Gasteiger partial charge on any atom is 0.227 e. The van der Waals surface area contributed by atoms with Crippen LogP contribution in [-0.2, 0) is 17.8 Å². The maximum atomic E-state index is 12.6. The van der Waals surface area contributed by atoms with Crippen molar-refractivity contribution in [3.8, 4) is 0 Å². The van der Waals surface area contributed by atoms with Gasteiger partial charge >= 0.3 is 0 Å². The van der Waals surface area contributed by atoms with Gasteiger partial charge in [-0.05, 0) is 58.5 Å². The molecule has 2 heterocycles. The number of rotatable bonds is 5. The number of thiophene rings is 1. The number of likely N-dealkylation sites (N-methyl/N-ethyl adjacent to an activating group) is 1. The van der Waals surface area contributed by atoms with Gasteiger partial charge in [-0.15, -0.1) is 0 Å². The maximum absolute atomic E-state index is 12.6. The fourth-order valence-electron chi connectivity index (χ4n) is 3.05. The number of aryl methyl sites for hydroxylation is 1. The van der Waals surface area contributed by atoms with Gasteiger partial charge in [0, 0.05) is 24.5 Å². The second-order valence-electron chi connectivity index (χ2n) is 6.68. The minimum atomic E-state index is 0.107. The molecule has 0 aliphatic carbocycles. The summed E-state index contributed by atoms with van der Waals surface area (Å²) < 4.78 is 5.68. The molecule has 126 valence electrons. The quantitative estimate of drug-likeness (QED) is 0.645. The Bertz CT molecular complexity index is 846. The Balaban J connectivity index is 1.81. The van der Waals surface area contributed by atoms with E-state index in [-0.39, 0.29) is 5.91 Å². The summed E-state index contributed by atoms with van der Waals surface area (Å²) >= 11 is 1.65. The van der Waals surface area contributed by atoms with Crippen LogP contribution in [0.2, 0.25) is 0 Å². The van der Waals surface area contributed by atoms with E-state index in [1.54, 1.807) is 22.5 Å². The zero-order valence-electron chi connectivity index (χ0n) is 14.6. The zero-order chi connectivity index (χ0) is 17.3. The van der Waals surface area contributed by atoms with Crippen molar-refractivity contribution in [2.75, 3.05) is 7.05 Å². The molecular formula is C20H23NO2S. The highest BCUT2D eigenvalue weighted by Crippen LogP contribution is 2.29. The second kappa shape index (κ2) is 6.81. The Labute approximate surface area is 146 Å². The Hall–Kier alpha value is -2.07. The van der Waals surface area contributed by atoms with Crippen LogP contribution in [0.4, 0.5) is 0 Å². The van der Waals surface area contributed by atoms with Gasteiger partial charge in [0.2, 0.25) is 5.91 Å². The third-order valence-corrected chi connectivity index (χ3v) is 5.16. The van der Waals surface area contributed by atoms with Gasteiger partial charge in [0.1, 0.15) is 5.58 Å². The highest BCUT2D eigenvalue weighted by molar-refractivity contribution is 7.07. The van der Waals surface area contributed by atoms with Crippen molar-refractivity contribution in [2.24, 2.45) is 0 Å². The molecule has 4 heteroatoms. The molecular weight excluding hydrogens is 318 g/mol. The van der Waals surface area contributed by atoms with E-state index < -0.39 is 0 Å². The number of carbonyl (C=O) groups excluding carboxylic acids is 1. The zero-order valence-corrected chi connectivity index (χ0v) is 15.4.